The summed E-state index contributed by atoms with van der Waals surface area (Å²) in [5.74, 6) is -0.668. The number of ether oxygens (including phenoxy) is 1. The fourth-order valence-corrected chi connectivity index (χ4v) is 1.88. The van der Waals surface area contributed by atoms with Gasteiger partial charge in [0.25, 0.3) is 0 Å². The first-order valence-electron chi connectivity index (χ1n) is 5.16. The molecule has 1 aromatic rings. The number of anilines is 1. The lowest BCUT2D eigenvalue weighted by atomic mass is 10.2. The standard InChI is InChI=1S/C11H9ClF3NO2/c12-7-1-2-8-9(5-7)18-4-3-16(8)10(17)6-11(13,14)15/h1-2,5H,3-4,6H2. The third kappa shape index (κ3) is 2.87. The molecule has 18 heavy (non-hydrogen) atoms. The van der Waals surface area contributed by atoms with Crippen LogP contribution in [0.5, 0.6) is 5.75 Å². The number of alkyl halides is 3. The normalized spacial score (nSPS) is 15.0. The van der Waals surface area contributed by atoms with Crippen molar-refractivity contribution in [1.29, 1.82) is 0 Å². The Morgan fingerprint density at radius 2 is 2.17 bits per heavy atom. The van der Waals surface area contributed by atoms with E-state index in [9.17, 15) is 18.0 Å². The van der Waals surface area contributed by atoms with Gasteiger partial charge in [-0.3, -0.25) is 4.79 Å². The highest BCUT2D eigenvalue weighted by molar-refractivity contribution is 6.30. The van der Waals surface area contributed by atoms with Crippen molar-refractivity contribution >= 4 is 23.2 Å². The van der Waals surface area contributed by atoms with Crippen LogP contribution >= 0.6 is 11.6 Å². The molecule has 1 amide bonds. The van der Waals surface area contributed by atoms with E-state index >= 15 is 0 Å². The molecule has 1 heterocycles. The topological polar surface area (TPSA) is 29.5 Å². The molecule has 0 radical (unpaired) electrons. The lowest BCUT2D eigenvalue weighted by molar-refractivity contribution is -0.152. The van der Waals surface area contributed by atoms with Gasteiger partial charge in [0.1, 0.15) is 18.8 Å². The number of hydrogen-bond donors (Lipinski definition) is 0. The quantitative estimate of drug-likeness (QED) is 0.791. The Hall–Kier alpha value is -1.43. The molecule has 0 aliphatic carbocycles. The molecule has 1 aromatic carbocycles. The number of amides is 1. The van der Waals surface area contributed by atoms with Crippen LogP contribution in [0.3, 0.4) is 0 Å². The van der Waals surface area contributed by atoms with E-state index in [1.807, 2.05) is 0 Å². The number of rotatable bonds is 1. The summed E-state index contributed by atoms with van der Waals surface area (Å²) in [5, 5.41) is 0.402. The van der Waals surface area contributed by atoms with Crippen LogP contribution in [0.25, 0.3) is 0 Å². The van der Waals surface area contributed by atoms with Crippen molar-refractivity contribution in [3.05, 3.63) is 23.2 Å². The molecule has 0 spiro atoms. The predicted molar refractivity (Wildman–Crippen MR) is 60.0 cm³/mol. The Labute approximate surface area is 106 Å². The minimum absolute atomic E-state index is 0.101. The van der Waals surface area contributed by atoms with Crippen LogP contribution < -0.4 is 9.64 Å². The van der Waals surface area contributed by atoms with Crippen molar-refractivity contribution in [1.82, 2.24) is 0 Å². The molecule has 7 heteroatoms. The molecule has 1 aliphatic heterocycles. The molecule has 3 nitrogen and oxygen atoms in total. The zero-order chi connectivity index (χ0) is 13.3. The number of fused-ring (bicyclic) bond motifs is 1. The highest BCUT2D eigenvalue weighted by Gasteiger charge is 2.35. The summed E-state index contributed by atoms with van der Waals surface area (Å²) in [6, 6.07) is 4.46. The molecule has 0 bridgehead atoms. The molecule has 0 N–H and O–H groups in total. The molecule has 2 rings (SSSR count). The lowest BCUT2D eigenvalue weighted by Gasteiger charge is -2.29. The third-order valence-corrected chi connectivity index (χ3v) is 2.67. The number of benzene rings is 1. The minimum Gasteiger partial charge on any atom is -0.489 e. The van der Waals surface area contributed by atoms with E-state index in [2.05, 4.69) is 0 Å². The van der Waals surface area contributed by atoms with Crippen molar-refractivity contribution in [3.63, 3.8) is 0 Å². The summed E-state index contributed by atoms with van der Waals surface area (Å²) in [5.41, 5.74) is 0.319. The summed E-state index contributed by atoms with van der Waals surface area (Å²) in [7, 11) is 0. The van der Waals surface area contributed by atoms with Crippen LogP contribution in [0.15, 0.2) is 18.2 Å². The van der Waals surface area contributed by atoms with Gasteiger partial charge in [0.15, 0.2) is 0 Å². The van der Waals surface area contributed by atoms with E-state index in [1.54, 1.807) is 0 Å². The molecule has 1 aliphatic rings. The molecule has 0 saturated heterocycles. The third-order valence-electron chi connectivity index (χ3n) is 2.44. The van der Waals surface area contributed by atoms with Gasteiger partial charge in [-0.15, -0.1) is 0 Å². The first-order valence-corrected chi connectivity index (χ1v) is 5.54. The monoisotopic (exact) mass is 279 g/mol. The Bertz CT molecular complexity index is 476. The van der Waals surface area contributed by atoms with Crippen LogP contribution in [0, 0.1) is 0 Å². The van der Waals surface area contributed by atoms with Crippen molar-refractivity contribution in [2.75, 3.05) is 18.1 Å². The highest BCUT2D eigenvalue weighted by atomic mass is 35.5. The average Bonchev–Trinajstić information content (AvgIpc) is 2.25. The molecular formula is C11H9ClF3NO2. The maximum atomic E-state index is 12.2. The van der Waals surface area contributed by atoms with Crippen LogP contribution in [0.1, 0.15) is 6.42 Å². The second kappa shape index (κ2) is 4.68. The van der Waals surface area contributed by atoms with E-state index < -0.39 is 18.5 Å². The smallest absolute Gasteiger partial charge is 0.397 e. The Balaban J connectivity index is 2.25. The first-order chi connectivity index (χ1) is 8.37. The van der Waals surface area contributed by atoms with Crippen molar-refractivity contribution in [2.45, 2.75) is 12.6 Å². The maximum Gasteiger partial charge on any atom is 0.397 e. The molecule has 0 saturated carbocycles. The number of hydrogen-bond acceptors (Lipinski definition) is 2. The fourth-order valence-electron chi connectivity index (χ4n) is 1.72. The molecule has 0 unspecified atom stereocenters. The summed E-state index contributed by atoms with van der Waals surface area (Å²) < 4.78 is 41.9. The summed E-state index contributed by atoms with van der Waals surface area (Å²) in [4.78, 5) is 12.7. The predicted octanol–water partition coefficient (Wildman–Crippen LogP) is 3.02. The van der Waals surface area contributed by atoms with E-state index in [0.29, 0.717) is 16.5 Å². The molecule has 0 aromatic heterocycles. The molecule has 0 atom stereocenters. The van der Waals surface area contributed by atoms with Gasteiger partial charge in [0, 0.05) is 11.1 Å². The van der Waals surface area contributed by atoms with Crippen LogP contribution in [-0.4, -0.2) is 25.2 Å². The Morgan fingerprint density at radius 1 is 1.44 bits per heavy atom. The van der Waals surface area contributed by atoms with E-state index in [4.69, 9.17) is 16.3 Å². The zero-order valence-corrected chi connectivity index (χ0v) is 9.88. The van der Waals surface area contributed by atoms with Crippen LogP contribution in [0.4, 0.5) is 18.9 Å². The van der Waals surface area contributed by atoms with Gasteiger partial charge >= 0.3 is 6.18 Å². The number of halogens is 4. The van der Waals surface area contributed by atoms with Gasteiger partial charge < -0.3 is 9.64 Å². The summed E-state index contributed by atoms with van der Waals surface area (Å²) in [6.07, 6.45) is -5.99. The number of nitrogens with zero attached hydrogens (tertiary/aromatic N) is 1. The van der Waals surface area contributed by atoms with Gasteiger partial charge in [0.2, 0.25) is 5.91 Å². The van der Waals surface area contributed by atoms with E-state index in [0.717, 1.165) is 4.90 Å². The lowest BCUT2D eigenvalue weighted by Crippen LogP contribution is -2.39. The SMILES string of the molecule is O=C(CC(F)(F)F)N1CCOc2cc(Cl)ccc21. The Kier molecular flexibility index (Phi) is 3.38. The summed E-state index contributed by atoms with van der Waals surface area (Å²) >= 11 is 5.75. The number of carbonyl (C=O) groups excluding carboxylic acids is 1. The molecular weight excluding hydrogens is 271 g/mol. The summed E-state index contributed by atoms with van der Waals surface area (Å²) in [6.45, 7) is 0.250. The van der Waals surface area contributed by atoms with Gasteiger partial charge in [0.05, 0.1) is 12.2 Å². The largest absolute Gasteiger partial charge is 0.489 e. The van der Waals surface area contributed by atoms with E-state index in [-0.39, 0.29) is 13.2 Å². The van der Waals surface area contributed by atoms with Gasteiger partial charge in [-0.25, -0.2) is 0 Å². The van der Waals surface area contributed by atoms with Gasteiger partial charge in [-0.05, 0) is 12.1 Å². The van der Waals surface area contributed by atoms with Crippen molar-refractivity contribution < 1.29 is 22.7 Å². The van der Waals surface area contributed by atoms with Crippen LogP contribution in [-0.2, 0) is 4.79 Å². The number of carbonyl (C=O) groups is 1. The van der Waals surface area contributed by atoms with E-state index in [1.165, 1.54) is 18.2 Å². The zero-order valence-electron chi connectivity index (χ0n) is 9.13. The van der Waals surface area contributed by atoms with Crippen molar-refractivity contribution in [2.24, 2.45) is 0 Å². The second-order valence-electron chi connectivity index (χ2n) is 3.80. The van der Waals surface area contributed by atoms with Crippen molar-refractivity contribution in [3.8, 4) is 5.75 Å². The molecule has 0 fully saturated rings. The molecule has 98 valence electrons. The first kappa shape index (κ1) is 13.0. The Morgan fingerprint density at radius 3 is 2.83 bits per heavy atom. The minimum atomic E-state index is -4.51. The highest BCUT2D eigenvalue weighted by Crippen LogP contribution is 2.35. The second-order valence-corrected chi connectivity index (χ2v) is 4.23. The van der Waals surface area contributed by atoms with Gasteiger partial charge in [-0.1, -0.05) is 11.6 Å². The average molecular weight is 280 g/mol. The maximum absolute atomic E-state index is 12.2. The fraction of sp³-hybridized carbons (Fsp3) is 0.364. The van der Waals surface area contributed by atoms with Crippen LogP contribution in [0.2, 0.25) is 5.02 Å². The van der Waals surface area contributed by atoms with Gasteiger partial charge in [-0.2, -0.15) is 13.2 Å².